The van der Waals surface area contributed by atoms with Crippen molar-refractivity contribution in [3.63, 3.8) is 0 Å². The van der Waals surface area contributed by atoms with E-state index < -0.39 is 12.1 Å². The van der Waals surface area contributed by atoms with Gasteiger partial charge in [-0.25, -0.2) is 14.6 Å². The summed E-state index contributed by atoms with van der Waals surface area (Å²) in [6.45, 7) is 0.695. The molecule has 0 radical (unpaired) electrons. The summed E-state index contributed by atoms with van der Waals surface area (Å²) in [5.74, 6) is -0.299. The number of nitrogens with zero attached hydrogens (tertiary/aromatic N) is 4. The molecule has 0 saturated heterocycles. The highest BCUT2D eigenvalue weighted by Crippen LogP contribution is 2.41. The highest BCUT2D eigenvalue weighted by atomic mass is 35.5. The zero-order valence-corrected chi connectivity index (χ0v) is 18.5. The molecular formula is C24H20ClN5O3. The minimum Gasteiger partial charge on any atom is -0.372 e. The second-order valence-corrected chi connectivity index (χ2v) is 8.29. The highest BCUT2D eigenvalue weighted by Gasteiger charge is 2.25. The van der Waals surface area contributed by atoms with E-state index in [2.05, 4.69) is 25.8 Å². The van der Waals surface area contributed by atoms with Crippen LogP contribution < -0.4 is 10.6 Å². The number of carbonyl (C=O) groups is 2. The number of hydrogen-bond donors (Lipinski definition) is 1. The Kier molecular flexibility index (Phi) is 5.22. The number of carbonyl (C=O) groups excluding carboxylic acids is 2. The standard InChI is InChI=1S/C24H20ClN5O3/c1-29-13-16(12-27-29)18-9-15-6-4-8-30(21(15)11-19(18)25)22-17-7-3-2-5-14(17)10-20(28-22)23(31)33-24(26)32/h2-3,5,7,9-13H,4,6,8H2,1H3,(H2,26,32). The van der Waals surface area contributed by atoms with Gasteiger partial charge in [0.2, 0.25) is 0 Å². The van der Waals surface area contributed by atoms with Crippen molar-refractivity contribution in [2.75, 3.05) is 11.4 Å². The predicted octanol–water partition coefficient (Wildman–Crippen LogP) is 4.61. The zero-order chi connectivity index (χ0) is 23.1. The van der Waals surface area contributed by atoms with Crippen LogP contribution in [0.3, 0.4) is 0 Å². The summed E-state index contributed by atoms with van der Waals surface area (Å²) >= 11 is 6.71. The van der Waals surface area contributed by atoms with Gasteiger partial charge in [-0.2, -0.15) is 5.10 Å². The molecule has 166 valence electrons. The van der Waals surface area contributed by atoms with E-state index in [1.165, 1.54) is 0 Å². The number of ether oxygens (including phenoxy) is 1. The molecule has 0 aliphatic carbocycles. The fourth-order valence-corrected chi connectivity index (χ4v) is 4.51. The molecule has 0 bridgehead atoms. The molecule has 2 aromatic heterocycles. The molecule has 0 fully saturated rings. The van der Waals surface area contributed by atoms with Crippen LogP contribution in [0.25, 0.3) is 21.9 Å². The lowest BCUT2D eigenvalue weighted by atomic mass is 9.96. The topological polar surface area (TPSA) is 103 Å². The van der Waals surface area contributed by atoms with E-state index in [1.54, 1.807) is 16.9 Å². The van der Waals surface area contributed by atoms with Crippen LogP contribution in [0.4, 0.5) is 16.3 Å². The SMILES string of the molecule is Cn1cc(-c2cc3c(cc2Cl)N(c2nc(C(=O)OC(N)=O)cc4ccccc24)CCC3)cn1. The third kappa shape index (κ3) is 3.89. The van der Waals surface area contributed by atoms with Gasteiger partial charge < -0.3 is 15.4 Å². The predicted molar refractivity (Wildman–Crippen MR) is 126 cm³/mol. The van der Waals surface area contributed by atoms with Gasteiger partial charge in [-0.3, -0.25) is 4.68 Å². The van der Waals surface area contributed by atoms with E-state index in [0.29, 0.717) is 17.4 Å². The summed E-state index contributed by atoms with van der Waals surface area (Å²) in [5, 5.41) is 6.51. The molecule has 3 heterocycles. The number of benzene rings is 2. The maximum atomic E-state index is 12.4. The molecule has 2 N–H and O–H groups in total. The summed E-state index contributed by atoms with van der Waals surface area (Å²) in [4.78, 5) is 30.1. The first-order chi connectivity index (χ1) is 15.9. The second-order valence-electron chi connectivity index (χ2n) is 7.88. The quantitative estimate of drug-likeness (QED) is 0.353. The molecule has 1 aliphatic heterocycles. The van der Waals surface area contributed by atoms with Gasteiger partial charge in [0.1, 0.15) is 5.82 Å². The maximum Gasteiger partial charge on any atom is 0.412 e. The minimum absolute atomic E-state index is 0.00713. The second kappa shape index (κ2) is 8.22. The summed E-state index contributed by atoms with van der Waals surface area (Å²) in [6, 6.07) is 13.2. The number of anilines is 2. The average molecular weight is 462 g/mol. The smallest absolute Gasteiger partial charge is 0.372 e. The van der Waals surface area contributed by atoms with E-state index >= 15 is 0 Å². The first-order valence-corrected chi connectivity index (χ1v) is 10.8. The number of nitrogens with two attached hydrogens (primary N) is 1. The Hall–Kier alpha value is -3.91. The molecule has 1 amide bonds. The van der Waals surface area contributed by atoms with Crippen LogP contribution in [0.15, 0.2) is 54.9 Å². The summed E-state index contributed by atoms with van der Waals surface area (Å²) in [6.07, 6.45) is 4.33. The monoisotopic (exact) mass is 461 g/mol. The summed E-state index contributed by atoms with van der Waals surface area (Å²) in [7, 11) is 1.87. The molecule has 0 saturated carbocycles. The molecule has 0 unspecified atom stereocenters. The number of primary amides is 1. The van der Waals surface area contributed by atoms with Crippen molar-refractivity contribution in [1.29, 1.82) is 0 Å². The van der Waals surface area contributed by atoms with Crippen molar-refractivity contribution in [3.05, 3.63) is 71.1 Å². The number of hydrogen-bond acceptors (Lipinski definition) is 6. The summed E-state index contributed by atoms with van der Waals surface area (Å²) < 4.78 is 6.31. The first kappa shape index (κ1) is 21.0. The Morgan fingerprint density at radius 1 is 1.18 bits per heavy atom. The molecule has 1 aliphatic rings. The molecule has 0 spiro atoms. The average Bonchev–Trinajstić information content (AvgIpc) is 3.23. The Morgan fingerprint density at radius 3 is 2.76 bits per heavy atom. The van der Waals surface area contributed by atoms with Crippen LogP contribution in [0.1, 0.15) is 22.5 Å². The molecular weight excluding hydrogens is 442 g/mol. The van der Waals surface area contributed by atoms with E-state index in [1.807, 2.05) is 43.6 Å². The number of amides is 1. The molecule has 0 atom stereocenters. The molecule has 8 nitrogen and oxygen atoms in total. The van der Waals surface area contributed by atoms with E-state index in [0.717, 1.165) is 46.0 Å². The van der Waals surface area contributed by atoms with Crippen LogP contribution in [0, 0.1) is 0 Å². The van der Waals surface area contributed by atoms with Gasteiger partial charge in [0, 0.05) is 42.0 Å². The number of aryl methyl sites for hydroxylation is 2. The van der Waals surface area contributed by atoms with Crippen LogP contribution in [0.5, 0.6) is 0 Å². The lowest BCUT2D eigenvalue weighted by molar-refractivity contribution is 0.0632. The van der Waals surface area contributed by atoms with Gasteiger partial charge in [-0.15, -0.1) is 0 Å². The van der Waals surface area contributed by atoms with E-state index in [-0.39, 0.29) is 5.69 Å². The van der Waals surface area contributed by atoms with Crippen molar-refractivity contribution >= 4 is 45.9 Å². The van der Waals surface area contributed by atoms with Gasteiger partial charge >= 0.3 is 12.1 Å². The number of rotatable bonds is 3. The van der Waals surface area contributed by atoms with Gasteiger partial charge in [0.15, 0.2) is 5.69 Å². The molecule has 2 aromatic carbocycles. The van der Waals surface area contributed by atoms with E-state index in [4.69, 9.17) is 17.3 Å². The largest absolute Gasteiger partial charge is 0.412 e. The number of esters is 1. The number of pyridine rings is 1. The molecule has 9 heteroatoms. The fourth-order valence-electron chi connectivity index (χ4n) is 4.24. The Bertz CT molecular complexity index is 1410. The maximum absolute atomic E-state index is 12.4. The van der Waals surface area contributed by atoms with Crippen molar-refractivity contribution < 1.29 is 14.3 Å². The fraction of sp³-hybridized carbons (Fsp3) is 0.167. The lowest BCUT2D eigenvalue weighted by Crippen LogP contribution is -2.27. The van der Waals surface area contributed by atoms with Crippen LogP contribution in [0.2, 0.25) is 5.02 Å². The minimum atomic E-state index is -1.17. The highest BCUT2D eigenvalue weighted by molar-refractivity contribution is 6.33. The van der Waals surface area contributed by atoms with Crippen molar-refractivity contribution in [1.82, 2.24) is 14.8 Å². The van der Waals surface area contributed by atoms with Crippen molar-refractivity contribution in [3.8, 4) is 11.1 Å². The van der Waals surface area contributed by atoms with Gasteiger partial charge in [-0.05, 0) is 42.0 Å². The lowest BCUT2D eigenvalue weighted by Gasteiger charge is -2.32. The summed E-state index contributed by atoms with van der Waals surface area (Å²) in [5.41, 5.74) is 8.95. The Labute approximate surface area is 194 Å². The van der Waals surface area contributed by atoms with Gasteiger partial charge in [-0.1, -0.05) is 35.9 Å². The number of halogens is 1. The van der Waals surface area contributed by atoms with Crippen LogP contribution >= 0.6 is 11.6 Å². The van der Waals surface area contributed by atoms with Crippen molar-refractivity contribution in [2.45, 2.75) is 12.8 Å². The van der Waals surface area contributed by atoms with Gasteiger partial charge in [0.25, 0.3) is 0 Å². The van der Waals surface area contributed by atoms with Gasteiger partial charge in [0.05, 0.1) is 11.2 Å². The molecule has 4 aromatic rings. The Morgan fingerprint density at radius 2 is 2.00 bits per heavy atom. The van der Waals surface area contributed by atoms with E-state index in [9.17, 15) is 9.59 Å². The zero-order valence-electron chi connectivity index (χ0n) is 17.8. The molecule has 33 heavy (non-hydrogen) atoms. The number of aromatic nitrogens is 3. The van der Waals surface area contributed by atoms with Crippen LogP contribution in [-0.4, -0.2) is 33.4 Å². The van der Waals surface area contributed by atoms with Crippen molar-refractivity contribution in [2.24, 2.45) is 12.8 Å². The normalized spacial score (nSPS) is 13.1. The number of fused-ring (bicyclic) bond motifs is 2. The molecule has 5 rings (SSSR count). The Balaban J connectivity index is 1.65. The third-order valence-electron chi connectivity index (χ3n) is 5.68. The third-order valence-corrected chi connectivity index (χ3v) is 5.99. The first-order valence-electron chi connectivity index (χ1n) is 10.4. The van der Waals surface area contributed by atoms with Crippen LogP contribution in [-0.2, 0) is 18.2 Å².